The number of pyridine rings is 1. The molecule has 4 aliphatic rings. The van der Waals surface area contributed by atoms with Gasteiger partial charge in [-0.2, -0.15) is 0 Å². The Kier molecular flexibility index (Phi) is 8.91. The third kappa shape index (κ3) is 6.38. The molecule has 4 aliphatic heterocycles. The third-order valence-corrected chi connectivity index (χ3v) is 10.9. The maximum absolute atomic E-state index is 15.7. The molecule has 1 atom stereocenters. The van der Waals surface area contributed by atoms with Crippen molar-refractivity contribution in [2.24, 2.45) is 5.92 Å². The lowest BCUT2D eigenvalue weighted by Gasteiger charge is -2.40. The van der Waals surface area contributed by atoms with Gasteiger partial charge in [0, 0.05) is 59.5 Å². The Labute approximate surface area is 252 Å². The molecule has 7 rings (SSSR count). The van der Waals surface area contributed by atoms with Crippen molar-refractivity contribution in [3.05, 3.63) is 63.5 Å². The molecule has 1 aromatic carbocycles. The molecule has 232 valence electrons. The molecule has 0 amide bonds. The van der Waals surface area contributed by atoms with Crippen LogP contribution in [0.2, 0.25) is 0 Å². The summed E-state index contributed by atoms with van der Waals surface area (Å²) in [6.07, 6.45) is 6.54. The zero-order valence-electron chi connectivity index (χ0n) is 24.7. The first-order chi connectivity index (χ1) is 20.7. The fraction of sp³-hybridized carbons (Fsp3) is 0.594. The Morgan fingerprint density at radius 2 is 1.74 bits per heavy atom. The van der Waals surface area contributed by atoms with E-state index >= 15 is 13.2 Å². The first-order valence-corrected chi connectivity index (χ1v) is 17.1. The van der Waals surface area contributed by atoms with Crippen LogP contribution in [0.3, 0.4) is 0 Å². The number of hydrogen-bond acceptors (Lipinski definition) is 6. The van der Waals surface area contributed by atoms with Gasteiger partial charge in [0.05, 0.1) is 17.0 Å². The topological polar surface area (TPSA) is 80.1 Å². The number of aromatic nitrogens is 3. The van der Waals surface area contributed by atoms with Gasteiger partial charge >= 0.3 is 0 Å². The van der Waals surface area contributed by atoms with E-state index in [0.29, 0.717) is 59.7 Å². The highest BCUT2D eigenvalue weighted by molar-refractivity contribution is 7.85. The van der Waals surface area contributed by atoms with Crippen molar-refractivity contribution in [2.45, 2.75) is 82.7 Å². The van der Waals surface area contributed by atoms with Gasteiger partial charge in [-0.1, -0.05) is 31.0 Å². The maximum atomic E-state index is 15.7. The summed E-state index contributed by atoms with van der Waals surface area (Å²) in [5, 5.41) is 3.88. The van der Waals surface area contributed by atoms with Crippen LogP contribution in [0.15, 0.2) is 35.4 Å². The van der Waals surface area contributed by atoms with E-state index in [-0.39, 0.29) is 29.4 Å². The SMILES string of the molecule is C[C@H]1Nc2ncnc3c2cc(C2CCS(=O)CC2)c(=O)n3CCCCCCN2CC(CCC(F)(F)c3cccc1c3F)C2. The predicted octanol–water partition coefficient (Wildman–Crippen LogP) is 6.11. The van der Waals surface area contributed by atoms with Gasteiger partial charge in [0.25, 0.3) is 11.5 Å². The molecule has 11 heteroatoms. The van der Waals surface area contributed by atoms with Crippen molar-refractivity contribution in [1.82, 2.24) is 19.4 Å². The first kappa shape index (κ1) is 30.2. The Hall–Kier alpha value is -2.79. The van der Waals surface area contributed by atoms with Gasteiger partial charge in [-0.25, -0.2) is 23.1 Å². The molecule has 2 saturated heterocycles. The van der Waals surface area contributed by atoms with E-state index in [1.165, 1.54) is 24.5 Å². The van der Waals surface area contributed by atoms with Gasteiger partial charge in [-0.3, -0.25) is 13.6 Å². The van der Waals surface area contributed by atoms with Crippen molar-refractivity contribution < 1.29 is 17.4 Å². The largest absolute Gasteiger partial charge is 0.363 e. The lowest BCUT2D eigenvalue weighted by Crippen LogP contribution is -2.47. The van der Waals surface area contributed by atoms with Crippen LogP contribution in [0.25, 0.3) is 11.0 Å². The molecular weight excluding hydrogens is 575 g/mol. The summed E-state index contributed by atoms with van der Waals surface area (Å²) in [4.78, 5) is 25.1. The van der Waals surface area contributed by atoms with E-state index < -0.39 is 34.1 Å². The minimum absolute atomic E-state index is 0.0162. The molecule has 2 aromatic heterocycles. The molecule has 0 unspecified atom stereocenters. The second-order valence-electron chi connectivity index (χ2n) is 12.5. The molecule has 43 heavy (non-hydrogen) atoms. The lowest BCUT2D eigenvalue weighted by atomic mass is 9.90. The first-order valence-electron chi connectivity index (χ1n) is 15.6. The Morgan fingerprint density at radius 1 is 1.00 bits per heavy atom. The molecule has 2 fully saturated rings. The number of fused-ring (bicyclic) bond motifs is 8. The fourth-order valence-electron chi connectivity index (χ4n) is 6.89. The van der Waals surface area contributed by atoms with Gasteiger partial charge in [0.2, 0.25) is 0 Å². The third-order valence-electron chi connectivity index (χ3n) is 9.49. The number of rotatable bonds is 1. The normalized spacial score (nSPS) is 28.4. The Balaban J connectivity index is 1.40. The van der Waals surface area contributed by atoms with Crippen LogP contribution < -0.4 is 10.9 Å². The number of alkyl halides is 2. The van der Waals surface area contributed by atoms with Crippen LogP contribution in [0.4, 0.5) is 19.0 Å². The molecule has 0 spiro atoms. The maximum Gasteiger partial charge on any atom is 0.276 e. The number of nitrogens with zero attached hydrogens (tertiary/aromatic N) is 4. The summed E-state index contributed by atoms with van der Waals surface area (Å²) in [6, 6.07) is 5.36. The highest BCUT2D eigenvalue weighted by atomic mass is 32.2. The van der Waals surface area contributed by atoms with Gasteiger partial charge in [0.15, 0.2) is 0 Å². The van der Waals surface area contributed by atoms with Gasteiger partial charge in [-0.05, 0) is 63.5 Å². The average Bonchev–Trinajstić information content (AvgIpc) is 2.96. The Bertz CT molecular complexity index is 1550. The highest BCUT2D eigenvalue weighted by Gasteiger charge is 2.38. The van der Waals surface area contributed by atoms with Crippen LogP contribution in [-0.4, -0.2) is 54.8 Å². The van der Waals surface area contributed by atoms with Crippen LogP contribution in [0.5, 0.6) is 0 Å². The van der Waals surface area contributed by atoms with Crippen molar-refractivity contribution >= 4 is 27.7 Å². The van der Waals surface area contributed by atoms with Gasteiger partial charge < -0.3 is 10.2 Å². The van der Waals surface area contributed by atoms with Gasteiger partial charge in [-0.15, -0.1) is 0 Å². The smallest absolute Gasteiger partial charge is 0.276 e. The predicted molar refractivity (Wildman–Crippen MR) is 164 cm³/mol. The summed E-state index contributed by atoms with van der Waals surface area (Å²) in [7, 11) is -0.863. The van der Waals surface area contributed by atoms with Crippen molar-refractivity contribution in [2.75, 3.05) is 36.5 Å². The van der Waals surface area contributed by atoms with Crippen molar-refractivity contribution in [3.8, 4) is 0 Å². The summed E-state index contributed by atoms with van der Waals surface area (Å²) >= 11 is 0. The van der Waals surface area contributed by atoms with Gasteiger partial charge in [0.1, 0.15) is 23.6 Å². The number of halogens is 3. The van der Waals surface area contributed by atoms with E-state index in [1.807, 2.05) is 6.07 Å². The van der Waals surface area contributed by atoms with E-state index in [1.54, 1.807) is 11.5 Å². The summed E-state index contributed by atoms with van der Waals surface area (Å²) in [6.45, 7) is 4.79. The number of aryl methyl sites for hydroxylation is 1. The summed E-state index contributed by atoms with van der Waals surface area (Å²) in [5.74, 6) is -2.43. The number of anilines is 1. The molecule has 1 N–H and O–H groups in total. The van der Waals surface area contributed by atoms with E-state index in [9.17, 15) is 9.00 Å². The van der Waals surface area contributed by atoms with Crippen molar-refractivity contribution in [3.63, 3.8) is 0 Å². The minimum Gasteiger partial charge on any atom is -0.363 e. The Morgan fingerprint density at radius 3 is 2.51 bits per heavy atom. The monoisotopic (exact) mass is 615 g/mol. The summed E-state index contributed by atoms with van der Waals surface area (Å²) in [5.41, 5.74) is 0.644. The fourth-order valence-corrected chi connectivity index (χ4v) is 8.19. The molecule has 0 aliphatic carbocycles. The number of benzene rings is 1. The number of hydrogen-bond donors (Lipinski definition) is 1. The van der Waals surface area contributed by atoms with Crippen molar-refractivity contribution in [1.29, 1.82) is 0 Å². The molecule has 6 heterocycles. The van der Waals surface area contributed by atoms with Crippen LogP contribution >= 0.6 is 0 Å². The quantitative estimate of drug-likeness (QED) is 0.356. The molecule has 8 bridgehead atoms. The van der Waals surface area contributed by atoms with Crippen LogP contribution in [0, 0.1) is 11.7 Å². The zero-order valence-corrected chi connectivity index (χ0v) is 25.5. The highest BCUT2D eigenvalue weighted by Crippen LogP contribution is 2.39. The average molecular weight is 616 g/mol. The summed E-state index contributed by atoms with van der Waals surface area (Å²) < 4.78 is 60.2. The van der Waals surface area contributed by atoms with E-state index in [2.05, 4.69) is 20.2 Å². The minimum atomic E-state index is -3.27. The molecule has 7 nitrogen and oxygen atoms in total. The standard InChI is InChI=1S/C32H40F3N5O2S/c1-21-24-7-6-8-27(28(24)33)32(34,35)12-9-22-18-39(19-22)13-4-2-3-5-14-40-30-26(29(38-21)36-20-37-30)17-25(31(40)41)23-10-15-43(42)16-11-23/h6-8,17,20-23H,2-5,9-16,18-19H2,1H3,(H,36,37,38)/t21-,23?,43?/m1/s1. The van der Waals surface area contributed by atoms with Crippen LogP contribution in [-0.2, 0) is 23.3 Å². The van der Waals surface area contributed by atoms with E-state index in [0.717, 1.165) is 45.3 Å². The molecule has 0 radical (unpaired) electrons. The zero-order chi connectivity index (χ0) is 30.1. The number of nitrogens with one attached hydrogen (secondary N) is 1. The molecule has 3 aromatic rings. The molecule has 0 saturated carbocycles. The second kappa shape index (κ2) is 12.7. The van der Waals surface area contributed by atoms with Crippen LogP contribution in [0.1, 0.15) is 86.9 Å². The lowest BCUT2D eigenvalue weighted by molar-refractivity contribution is -0.0320. The molecular formula is C32H40F3N5O2S. The van der Waals surface area contributed by atoms with E-state index in [4.69, 9.17) is 0 Å². The second-order valence-corrected chi connectivity index (χ2v) is 14.2.